The van der Waals surface area contributed by atoms with Gasteiger partial charge in [-0.15, -0.1) is 0 Å². The second-order valence-corrected chi connectivity index (χ2v) is 6.70. The number of para-hydroxylation sites is 1. The Kier molecular flexibility index (Phi) is 3.99. The summed E-state index contributed by atoms with van der Waals surface area (Å²) in [5.74, 6) is -0.391. The summed E-state index contributed by atoms with van der Waals surface area (Å²) in [6, 6.07) is 17.7. The van der Waals surface area contributed by atoms with Crippen LogP contribution in [0.3, 0.4) is 0 Å². The number of nitrogens with zero attached hydrogens (tertiary/aromatic N) is 1. The first-order valence-electron chi connectivity index (χ1n) is 8.62. The van der Waals surface area contributed by atoms with Crippen molar-refractivity contribution in [3.05, 3.63) is 71.9 Å². The van der Waals surface area contributed by atoms with Gasteiger partial charge in [-0.1, -0.05) is 48.5 Å². The lowest BCUT2D eigenvalue weighted by Crippen LogP contribution is -2.68. The quantitative estimate of drug-likeness (QED) is 0.569. The van der Waals surface area contributed by atoms with Gasteiger partial charge < -0.3 is 14.6 Å². The van der Waals surface area contributed by atoms with Gasteiger partial charge in [0.1, 0.15) is 0 Å². The predicted molar refractivity (Wildman–Crippen MR) is 98.4 cm³/mol. The van der Waals surface area contributed by atoms with Crippen molar-refractivity contribution >= 4 is 22.8 Å². The number of aromatic amines is 1. The molecule has 1 fully saturated rings. The third-order valence-electron chi connectivity index (χ3n) is 5.17. The van der Waals surface area contributed by atoms with Crippen molar-refractivity contribution in [2.45, 2.75) is 24.9 Å². The van der Waals surface area contributed by atoms with Crippen LogP contribution in [0, 0.1) is 0 Å². The zero-order valence-corrected chi connectivity index (χ0v) is 14.6. The third-order valence-corrected chi connectivity index (χ3v) is 5.17. The van der Waals surface area contributed by atoms with Crippen molar-refractivity contribution in [1.82, 2.24) is 9.88 Å². The Labute approximate surface area is 151 Å². The fourth-order valence-corrected chi connectivity index (χ4v) is 3.79. The van der Waals surface area contributed by atoms with E-state index in [-0.39, 0.29) is 18.3 Å². The lowest BCUT2D eigenvalue weighted by atomic mass is 9.78. The lowest BCUT2D eigenvalue weighted by Gasteiger charge is -2.49. The lowest BCUT2D eigenvalue weighted by molar-refractivity contribution is -0.179. The topological polar surface area (TPSA) is 62.4 Å². The van der Waals surface area contributed by atoms with Crippen molar-refractivity contribution in [3.8, 4) is 0 Å². The van der Waals surface area contributed by atoms with Crippen molar-refractivity contribution in [1.29, 1.82) is 0 Å². The zero-order chi connectivity index (χ0) is 18.1. The number of nitrogens with one attached hydrogen (secondary N) is 1. The summed E-state index contributed by atoms with van der Waals surface area (Å²) in [5.41, 5.74) is 2.07. The molecule has 5 heteroatoms. The SMILES string of the molecule is COC(=O)[C@@]1(Cc2c[nH]c3ccccc23)CC(=O)N1Cc1ccccc1. The first kappa shape index (κ1) is 16.4. The summed E-state index contributed by atoms with van der Waals surface area (Å²) in [5, 5.41) is 1.06. The van der Waals surface area contributed by atoms with Gasteiger partial charge in [-0.2, -0.15) is 0 Å². The fourth-order valence-electron chi connectivity index (χ4n) is 3.79. The van der Waals surface area contributed by atoms with Crippen LogP contribution in [0.25, 0.3) is 10.9 Å². The van der Waals surface area contributed by atoms with Gasteiger partial charge in [0.25, 0.3) is 0 Å². The van der Waals surface area contributed by atoms with Gasteiger partial charge >= 0.3 is 5.97 Å². The summed E-state index contributed by atoms with van der Waals surface area (Å²) in [7, 11) is 1.38. The molecule has 26 heavy (non-hydrogen) atoms. The average molecular weight is 348 g/mol. The first-order valence-corrected chi connectivity index (χ1v) is 8.62. The smallest absolute Gasteiger partial charge is 0.332 e. The standard InChI is InChI=1S/C21H20N2O3/c1-26-20(25)21(11-16-13-22-18-10-6-5-9-17(16)18)12-19(24)23(21)14-15-7-3-2-4-8-15/h2-10,13,22H,11-12,14H2,1H3/t21-/m1/s1. The predicted octanol–water partition coefficient (Wildman–Crippen LogP) is 3.05. The molecule has 1 N–H and O–H groups in total. The Morgan fingerprint density at radius 1 is 1.15 bits per heavy atom. The van der Waals surface area contributed by atoms with Crippen molar-refractivity contribution < 1.29 is 14.3 Å². The molecule has 1 amide bonds. The van der Waals surface area contributed by atoms with Crippen LogP contribution in [0.4, 0.5) is 0 Å². The van der Waals surface area contributed by atoms with Gasteiger partial charge in [0.2, 0.25) is 5.91 Å². The van der Waals surface area contributed by atoms with E-state index in [1.54, 1.807) is 4.90 Å². The van der Waals surface area contributed by atoms with Crippen LogP contribution >= 0.6 is 0 Å². The molecule has 0 aliphatic carbocycles. The van der Waals surface area contributed by atoms with E-state index in [4.69, 9.17) is 4.74 Å². The van der Waals surface area contributed by atoms with E-state index >= 15 is 0 Å². The number of amides is 1. The van der Waals surface area contributed by atoms with Gasteiger partial charge in [-0.05, 0) is 17.2 Å². The van der Waals surface area contributed by atoms with Gasteiger partial charge in [-0.3, -0.25) is 4.79 Å². The van der Waals surface area contributed by atoms with E-state index in [1.807, 2.05) is 60.8 Å². The molecular weight excluding hydrogens is 328 g/mol. The molecule has 132 valence electrons. The molecule has 1 atom stereocenters. The number of hydrogen-bond donors (Lipinski definition) is 1. The fraction of sp³-hybridized carbons (Fsp3) is 0.238. The number of benzene rings is 2. The number of hydrogen-bond acceptors (Lipinski definition) is 3. The van der Waals surface area contributed by atoms with E-state index in [0.29, 0.717) is 13.0 Å². The molecule has 4 rings (SSSR count). The number of ether oxygens (including phenoxy) is 1. The van der Waals surface area contributed by atoms with Crippen LogP contribution < -0.4 is 0 Å². The molecule has 0 radical (unpaired) electrons. The van der Waals surface area contributed by atoms with Crippen molar-refractivity contribution in [3.63, 3.8) is 0 Å². The number of rotatable bonds is 5. The molecule has 0 saturated carbocycles. The minimum atomic E-state index is -0.952. The molecule has 3 aromatic rings. The average Bonchev–Trinajstić information content (AvgIpc) is 3.08. The molecule has 0 unspecified atom stereocenters. The number of carbonyl (C=O) groups is 2. The monoisotopic (exact) mass is 348 g/mol. The number of methoxy groups -OCH3 is 1. The Balaban J connectivity index is 1.69. The molecule has 1 aliphatic heterocycles. The molecule has 1 aliphatic rings. The minimum Gasteiger partial charge on any atom is -0.467 e. The number of esters is 1. The summed E-state index contributed by atoms with van der Waals surface area (Å²) in [4.78, 5) is 30.0. The van der Waals surface area contributed by atoms with E-state index in [2.05, 4.69) is 4.98 Å². The molecule has 2 aromatic carbocycles. The normalized spacial score (nSPS) is 19.4. The van der Waals surface area contributed by atoms with Gasteiger partial charge in [0.15, 0.2) is 5.54 Å². The second kappa shape index (κ2) is 6.33. The van der Waals surface area contributed by atoms with Gasteiger partial charge in [-0.25, -0.2) is 4.79 Å². The molecule has 1 aromatic heterocycles. The van der Waals surface area contributed by atoms with Crippen LogP contribution in [0.2, 0.25) is 0 Å². The van der Waals surface area contributed by atoms with Crippen LogP contribution in [-0.4, -0.2) is 34.4 Å². The molecule has 5 nitrogen and oxygen atoms in total. The Morgan fingerprint density at radius 3 is 2.62 bits per heavy atom. The van der Waals surface area contributed by atoms with Crippen molar-refractivity contribution in [2.75, 3.05) is 7.11 Å². The summed E-state index contributed by atoms with van der Waals surface area (Å²) < 4.78 is 5.09. The highest BCUT2D eigenvalue weighted by atomic mass is 16.5. The first-order chi connectivity index (χ1) is 12.6. The number of carbonyl (C=O) groups excluding carboxylic acids is 2. The summed E-state index contributed by atoms with van der Waals surface area (Å²) >= 11 is 0. The highest BCUT2D eigenvalue weighted by Crippen LogP contribution is 2.39. The van der Waals surface area contributed by atoms with Crippen LogP contribution in [0.15, 0.2) is 60.8 Å². The molecule has 2 heterocycles. The maximum absolute atomic E-state index is 12.7. The number of H-pyrrole nitrogens is 1. The largest absolute Gasteiger partial charge is 0.467 e. The van der Waals surface area contributed by atoms with Gasteiger partial charge in [0.05, 0.1) is 13.5 Å². The Hall–Kier alpha value is -3.08. The highest BCUT2D eigenvalue weighted by Gasteiger charge is 2.57. The van der Waals surface area contributed by atoms with Crippen molar-refractivity contribution in [2.24, 2.45) is 0 Å². The highest BCUT2D eigenvalue weighted by molar-refractivity contribution is 5.99. The molecular formula is C21H20N2O3. The maximum atomic E-state index is 12.7. The summed E-state index contributed by atoms with van der Waals surface area (Å²) in [6.45, 7) is 0.400. The summed E-state index contributed by atoms with van der Waals surface area (Å²) in [6.07, 6.45) is 2.52. The Morgan fingerprint density at radius 2 is 1.88 bits per heavy atom. The van der Waals surface area contributed by atoms with Crippen LogP contribution in [0.1, 0.15) is 17.5 Å². The van der Waals surface area contributed by atoms with Gasteiger partial charge in [0, 0.05) is 30.1 Å². The zero-order valence-electron chi connectivity index (χ0n) is 14.6. The van der Waals surface area contributed by atoms with E-state index < -0.39 is 5.54 Å². The van der Waals surface area contributed by atoms with E-state index in [0.717, 1.165) is 22.0 Å². The number of fused-ring (bicyclic) bond motifs is 1. The maximum Gasteiger partial charge on any atom is 0.332 e. The molecule has 0 bridgehead atoms. The minimum absolute atomic E-state index is 0.0286. The van der Waals surface area contributed by atoms with E-state index in [1.165, 1.54) is 7.11 Å². The second-order valence-electron chi connectivity index (χ2n) is 6.70. The third kappa shape index (κ3) is 2.56. The van der Waals surface area contributed by atoms with Crippen LogP contribution in [0.5, 0.6) is 0 Å². The number of aromatic nitrogens is 1. The number of β-lactam (4-membered cyclic amide) rings is 1. The van der Waals surface area contributed by atoms with Crippen LogP contribution in [-0.2, 0) is 27.3 Å². The molecule has 1 saturated heterocycles. The molecule has 0 spiro atoms. The van der Waals surface area contributed by atoms with E-state index in [9.17, 15) is 9.59 Å². The number of likely N-dealkylation sites (tertiary alicyclic amines) is 1. The Bertz CT molecular complexity index is 964.